The summed E-state index contributed by atoms with van der Waals surface area (Å²) < 4.78 is 17.0. The molecule has 0 saturated carbocycles. The van der Waals surface area contributed by atoms with E-state index in [1.165, 1.54) is 4.68 Å². The fraction of sp³-hybridized carbons (Fsp3) is 0.192. The molecule has 0 unspecified atom stereocenters. The lowest BCUT2D eigenvalue weighted by atomic mass is 10.1. The van der Waals surface area contributed by atoms with Gasteiger partial charge in [-0.2, -0.15) is 9.78 Å². The summed E-state index contributed by atoms with van der Waals surface area (Å²) in [5.74, 6) is 1.57. The number of aromatic nitrogens is 2. The van der Waals surface area contributed by atoms with Gasteiger partial charge >= 0.3 is 0 Å². The van der Waals surface area contributed by atoms with E-state index in [0.717, 1.165) is 5.56 Å². The van der Waals surface area contributed by atoms with Crippen molar-refractivity contribution in [2.45, 2.75) is 6.42 Å². The molecule has 8 nitrogen and oxygen atoms in total. The quantitative estimate of drug-likeness (QED) is 0.434. The first kappa shape index (κ1) is 22.8. The fourth-order valence-corrected chi connectivity index (χ4v) is 3.70. The van der Waals surface area contributed by atoms with E-state index in [2.05, 4.69) is 10.4 Å². The van der Waals surface area contributed by atoms with Crippen LogP contribution in [0.5, 0.6) is 17.2 Å². The fourth-order valence-electron chi connectivity index (χ4n) is 3.70. The molecule has 0 aliphatic rings. The molecule has 1 aromatic heterocycles. The standard InChI is InChI=1S/C26H25N3O5/c1-32-19-11-9-18(10-12-19)29-26(31)21-7-5-4-6-20(21)24(28-29)25(30)27-15-14-17-8-13-22(33-2)23(16-17)34-3/h4-13,16H,14-15H2,1-3H3,(H,27,30). The molecule has 0 bridgehead atoms. The van der Waals surface area contributed by atoms with Gasteiger partial charge in [0.2, 0.25) is 0 Å². The number of nitrogens with zero attached hydrogens (tertiary/aromatic N) is 2. The molecule has 4 aromatic rings. The van der Waals surface area contributed by atoms with Gasteiger partial charge in [0.05, 0.1) is 32.4 Å². The van der Waals surface area contributed by atoms with Crippen LogP contribution in [-0.4, -0.2) is 43.6 Å². The molecule has 3 aromatic carbocycles. The highest BCUT2D eigenvalue weighted by Crippen LogP contribution is 2.27. The van der Waals surface area contributed by atoms with Crippen LogP contribution in [0.3, 0.4) is 0 Å². The van der Waals surface area contributed by atoms with Crippen molar-refractivity contribution in [1.82, 2.24) is 15.1 Å². The van der Waals surface area contributed by atoms with Gasteiger partial charge in [-0.25, -0.2) is 0 Å². The zero-order valence-electron chi connectivity index (χ0n) is 19.2. The molecule has 0 aliphatic heterocycles. The Bertz CT molecular complexity index is 1380. The number of carbonyl (C=O) groups excluding carboxylic acids is 1. The van der Waals surface area contributed by atoms with E-state index in [-0.39, 0.29) is 17.2 Å². The summed E-state index contributed by atoms with van der Waals surface area (Å²) in [4.78, 5) is 26.2. The van der Waals surface area contributed by atoms with Crippen molar-refractivity contribution in [2.24, 2.45) is 0 Å². The normalized spacial score (nSPS) is 10.7. The van der Waals surface area contributed by atoms with E-state index in [1.807, 2.05) is 18.2 Å². The number of ether oxygens (including phenoxy) is 3. The highest BCUT2D eigenvalue weighted by Gasteiger charge is 2.17. The number of hydrogen-bond acceptors (Lipinski definition) is 6. The van der Waals surface area contributed by atoms with Crippen molar-refractivity contribution in [1.29, 1.82) is 0 Å². The Morgan fingerprint density at radius 1 is 0.882 bits per heavy atom. The molecular weight excluding hydrogens is 434 g/mol. The second kappa shape index (κ2) is 10.1. The SMILES string of the molecule is COc1ccc(-n2nc(C(=O)NCCc3ccc(OC)c(OC)c3)c3ccccc3c2=O)cc1. The topological polar surface area (TPSA) is 91.7 Å². The summed E-state index contributed by atoms with van der Waals surface area (Å²) in [6.45, 7) is 0.381. The Balaban J connectivity index is 1.61. The van der Waals surface area contributed by atoms with Gasteiger partial charge in [-0.3, -0.25) is 9.59 Å². The maximum absolute atomic E-state index is 13.1. The van der Waals surface area contributed by atoms with E-state index in [0.29, 0.717) is 46.7 Å². The van der Waals surface area contributed by atoms with Crippen molar-refractivity contribution >= 4 is 16.7 Å². The molecule has 1 N–H and O–H groups in total. The molecule has 0 fully saturated rings. The lowest BCUT2D eigenvalue weighted by molar-refractivity contribution is 0.0949. The Hall–Kier alpha value is -4.33. The average molecular weight is 460 g/mol. The monoisotopic (exact) mass is 459 g/mol. The van der Waals surface area contributed by atoms with Crippen molar-refractivity contribution < 1.29 is 19.0 Å². The molecule has 4 rings (SSSR count). The van der Waals surface area contributed by atoms with Crippen LogP contribution in [0.15, 0.2) is 71.5 Å². The van der Waals surface area contributed by atoms with E-state index in [1.54, 1.807) is 69.9 Å². The maximum atomic E-state index is 13.1. The largest absolute Gasteiger partial charge is 0.497 e. The first-order valence-electron chi connectivity index (χ1n) is 10.7. The Labute approximate surface area is 196 Å². The number of amides is 1. The maximum Gasteiger partial charge on any atom is 0.279 e. The Kier molecular flexibility index (Phi) is 6.77. The number of hydrogen-bond donors (Lipinski definition) is 1. The second-order valence-electron chi connectivity index (χ2n) is 7.50. The van der Waals surface area contributed by atoms with Gasteiger partial charge in [-0.05, 0) is 54.4 Å². The van der Waals surface area contributed by atoms with Crippen molar-refractivity contribution in [3.63, 3.8) is 0 Å². The molecule has 0 aliphatic carbocycles. The summed E-state index contributed by atoms with van der Waals surface area (Å²) in [6.07, 6.45) is 0.585. The highest BCUT2D eigenvalue weighted by atomic mass is 16.5. The number of rotatable bonds is 8. The van der Waals surface area contributed by atoms with Crippen molar-refractivity contribution in [2.75, 3.05) is 27.9 Å². The zero-order valence-corrected chi connectivity index (χ0v) is 19.2. The molecule has 0 atom stereocenters. The van der Waals surface area contributed by atoms with Crippen LogP contribution in [0.4, 0.5) is 0 Å². The molecule has 1 heterocycles. The smallest absolute Gasteiger partial charge is 0.279 e. The second-order valence-corrected chi connectivity index (χ2v) is 7.50. The van der Waals surface area contributed by atoms with Gasteiger partial charge in [-0.1, -0.05) is 24.3 Å². The van der Waals surface area contributed by atoms with Gasteiger partial charge in [0.15, 0.2) is 17.2 Å². The van der Waals surface area contributed by atoms with Crippen LogP contribution in [0.25, 0.3) is 16.5 Å². The molecule has 0 spiro atoms. The van der Waals surface area contributed by atoms with Crippen LogP contribution in [0, 0.1) is 0 Å². The van der Waals surface area contributed by atoms with Gasteiger partial charge < -0.3 is 19.5 Å². The number of methoxy groups -OCH3 is 3. The Morgan fingerprint density at radius 2 is 1.59 bits per heavy atom. The van der Waals surface area contributed by atoms with Crippen molar-refractivity contribution in [3.8, 4) is 22.9 Å². The third-order valence-electron chi connectivity index (χ3n) is 5.48. The van der Waals surface area contributed by atoms with E-state index in [9.17, 15) is 9.59 Å². The predicted molar refractivity (Wildman–Crippen MR) is 129 cm³/mol. The third-order valence-corrected chi connectivity index (χ3v) is 5.48. The minimum Gasteiger partial charge on any atom is -0.497 e. The number of nitrogens with one attached hydrogen (secondary N) is 1. The lowest BCUT2D eigenvalue weighted by Crippen LogP contribution is -2.31. The molecule has 0 saturated heterocycles. The van der Waals surface area contributed by atoms with Gasteiger partial charge in [0, 0.05) is 11.9 Å². The lowest BCUT2D eigenvalue weighted by Gasteiger charge is -2.12. The van der Waals surface area contributed by atoms with Gasteiger partial charge in [-0.15, -0.1) is 0 Å². The Morgan fingerprint density at radius 3 is 2.26 bits per heavy atom. The first-order chi connectivity index (χ1) is 16.5. The molecule has 34 heavy (non-hydrogen) atoms. The van der Waals surface area contributed by atoms with Crippen molar-refractivity contribution in [3.05, 3.63) is 88.3 Å². The molecule has 8 heteroatoms. The molecular formula is C26H25N3O5. The van der Waals surface area contributed by atoms with Crippen LogP contribution in [0.2, 0.25) is 0 Å². The number of fused-ring (bicyclic) bond motifs is 1. The minimum atomic E-state index is -0.362. The number of benzene rings is 3. The van der Waals surface area contributed by atoms with Gasteiger partial charge in [0.1, 0.15) is 5.75 Å². The van der Waals surface area contributed by atoms with Crippen LogP contribution in [-0.2, 0) is 6.42 Å². The summed E-state index contributed by atoms with van der Waals surface area (Å²) in [6, 6.07) is 19.5. The van der Waals surface area contributed by atoms with E-state index in [4.69, 9.17) is 14.2 Å². The third kappa shape index (κ3) is 4.56. The van der Waals surface area contributed by atoms with Crippen LogP contribution < -0.4 is 25.1 Å². The molecule has 174 valence electrons. The summed E-state index contributed by atoms with van der Waals surface area (Å²) in [5.41, 5.74) is 1.40. The summed E-state index contributed by atoms with van der Waals surface area (Å²) in [7, 11) is 4.73. The van der Waals surface area contributed by atoms with Crippen LogP contribution >= 0.6 is 0 Å². The van der Waals surface area contributed by atoms with Crippen LogP contribution in [0.1, 0.15) is 16.1 Å². The van der Waals surface area contributed by atoms with Gasteiger partial charge in [0.25, 0.3) is 11.5 Å². The summed E-state index contributed by atoms with van der Waals surface area (Å²) in [5, 5.41) is 8.25. The molecule has 0 radical (unpaired) electrons. The first-order valence-corrected chi connectivity index (χ1v) is 10.7. The van der Waals surface area contributed by atoms with E-state index < -0.39 is 0 Å². The minimum absolute atomic E-state index is 0.179. The molecule has 1 amide bonds. The highest BCUT2D eigenvalue weighted by molar-refractivity contribution is 6.04. The average Bonchev–Trinajstić information content (AvgIpc) is 2.89. The number of carbonyl (C=O) groups is 1. The summed E-state index contributed by atoms with van der Waals surface area (Å²) >= 11 is 0. The van der Waals surface area contributed by atoms with E-state index >= 15 is 0 Å². The predicted octanol–water partition coefficient (Wildman–Crippen LogP) is 3.38. The zero-order chi connectivity index (χ0) is 24.1.